The summed E-state index contributed by atoms with van der Waals surface area (Å²) in [6.45, 7) is 20.6. The van der Waals surface area contributed by atoms with Crippen LogP contribution in [0.4, 0.5) is 5.69 Å². The normalized spacial score (nSPS) is 12.3. The van der Waals surface area contributed by atoms with Crippen molar-refractivity contribution in [2.24, 2.45) is 5.73 Å². The quantitative estimate of drug-likeness (QED) is 0.128. The van der Waals surface area contributed by atoms with Gasteiger partial charge in [-0.25, -0.2) is 0 Å². The summed E-state index contributed by atoms with van der Waals surface area (Å²) in [6, 6.07) is 28.5. The van der Waals surface area contributed by atoms with Crippen LogP contribution in [0.1, 0.15) is 48.6 Å². The Morgan fingerprint density at radius 2 is 1.46 bits per heavy atom. The molecule has 3 nitrogen and oxygen atoms in total. The van der Waals surface area contributed by atoms with Gasteiger partial charge in [-0.1, -0.05) is 123 Å². The monoisotopic (exact) mass is 629 g/mol. The average molecular weight is 630 g/mol. The summed E-state index contributed by atoms with van der Waals surface area (Å²) in [5.41, 5.74) is 24.4. The number of rotatable bonds is 11. The highest BCUT2D eigenvalue weighted by Crippen LogP contribution is 2.26. The number of anilines is 1. The smallest absolute Gasteiger partial charge is 0.0702 e. The number of para-hydroxylation sites is 1. The van der Waals surface area contributed by atoms with Crippen LogP contribution in [0.3, 0.4) is 0 Å². The minimum atomic E-state index is 0.822. The molecular formula is C45H47N3. The van der Waals surface area contributed by atoms with E-state index in [9.17, 15) is 0 Å². The van der Waals surface area contributed by atoms with E-state index in [-0.39, 0.29) is 0 Å². The molecule has 0 aliphatic rings. The van der Waals surface area contributed by atoms with E-state index in [2.05, 4.69) is 106 Å². The number of nitrogen functional groups attached to an aromatic ring is 1. The van der Waals surface area contributed by atoms with Crippen molar-refractivity contribution in [2.75, 3.05) is 5.73 Å². The highest BCUT2D eigenvalue weighted by molar-refractivity contribution is 5.78. The van der Waals surface area contributed by atoms with Crippen LogP contribution in [0.2, 0.25) is 0 Å². The Morgan fingerprint density at radius 3 is 2.06 bits per heavy atom. The molecule has 0 fully saturated rings. The van der Waals surface area contributed by atoms with Gasteiger partial charge in [0.05, 0.1) is 5.69 Å². The molecule has 0 aliphatic heterocycles. The maximum Gasteiger partial charge on any atom is 0.0702 e. The van der Waals surface area contributed by atoms with Crippen LogP contribution < -0.4 is 11.5 Å². The number of aromatic nitrogens is 1. The number of benzene rings is 3. The number of hydrogen-bond donors (Lipinski definition) is 2. The van der Waals surface area contributed by atoms with Crippen molar-refractivity contribution in [3.8, 4) is 11.3 Å². The summed E-state index contributed by atoms with van der Waals surface area (Å²) < 4.78 is 0. The molecule has 4 aromatic rings. The van der Waals surface area contributed by atoms with Crippen LogP contribution in [0, 0.1) is 6.92 Å². The van der Waals surface area contributed by atoms with Gasteiger partial charge < -0.3 is 11.5 Å². The van der Waals surface area contributed by atoms with Gasteiger partial charge in [-0.3, -0.25) is 4.98 Å². The number of allylic oxidation sites excluding steroid dienone is 13. The first-order valence-electron chi connectivity index (χ1n) is 15.9. The van der Waals surface area contributed by atoms with E-state index in [1.807, 2.05) is 86.8 Å². The third-order valence-electron chi connectivity index (χ3n) is 7.76. The average Bonchev–Trinajstić information content (AvgIpc) is 3.12. The first kappa shape index (κ1) is 36.5. The second kappa shape index (κ2) is 18.9. The van der Waals surface area contributed by atoms with Crippen LogP contribution in [-0.2, 0) is 0 Å². The molecule has 0 radical (unpaired) electrons. The summed E-state index contributed by atoms with van der Waals surface area (Å²) in [6.07, 6.45) is 21.5. The zero-order chi connectivity index (χ0) is 34.9. The van der Waals surface area contributed by atoms with Gasteiger partial charge in [0.2, 0.25) is 0 Å². The summed E-state index contributed by atoms with van der Waals surface area (Å²) in [5, 5.41) is 0. The van der Waals surface area contributed by atoms with Gasteiger partial charge in [-0.2, -0.15) is 0 Å². The second-order valence-electron chi connectivity index (χ2n) is 11.1. The van der Waals surface area contributed by atoms with Crippen LogP contribution in [0.5, 0.6) is 0 Å². The summed E-state index contributed by atoms with van der Waals surface area (Å²) in [7, 11) is 0. The Labute approximate surface area is 287 Å². The van der Waals surface area contributed by atoms with E-state index in [4.69, 9.17) is 16.5 Å². The van der Waals surface area contributed by atoms with Crippen molar-refractivity contribution >= 4 is 28.5 Å². The van der Waals surface area contributed by atoms with E-state index in [0.29, 0.717) is 0 Å². The zero-order valence-corrected chi connectivity index (χ0v) is 28.7. The van der Waals surface area contributed by atoms with Crippen molar-refractivity contribution in [2.45, 2.75) is 27.7 Å². The lowest BCUT2D eigenvalue weighted by Gasteiger charge is -2.08. The van der Waals surface area contributed by atoms with Crippen LogP contribution in [0.15, 0.2) is 177 Å². The molecular weight excluding hydrogens is 583 g/mol. The molecule has 0 saturated carbocycles. The predicted octanol–water partition coefficient (Wildman–Crippen LogP) is 11.6. The van der Waals surface area contributed by atoms with E-state index < -0.39 is 0 Å². The molecule has 0 atom stereocenters. The van der Waals surface area contributed by atoms with Gasteiger partial charge in [0.1, 0.15) is 0 Å². The van der Waals surface area contributed by atoms with Gasteiger partial charge in [0.25, 0.3) is 0 Å². The Morgan fingerprint density at radius 1 is 0.750 bits per heavy atom. The predicted molar refractivity (Wildman–Crippen MR) is 213 cm³/mol. The van der Waals surface area contributed by atoms with E-state index in [1.54, 1.807) is 6.20 Å². The van der Waals surface area contributed by atoms with Gasteiger partial charge in [0, 0.05) is 17.4 Å². The molecule has 3 aromatic carbocycles. The molecule has 242 valence electrons. The molecule has 4 N–H and O–H groups in total. The number of hydrogen-bond acceptors (Lipinski definition) is 3. The van der Waals surface area contributed by atoms with Crippen molar-refractivity contribution in [3.05, 3.63) is 205 Å². The first-order chi connectivity index (χ1) is 23.2. The number of aryl methyl sites for hydroxylation is 1. The van der Waals surface area contributed by atoms with Gasteiger partial charge in [-0.15, -0.1) is 0 Å². The minimum absolute atomic E-state index is 0.822. The zero-order valence-electron chi connectivity index (χ0n) is 28.7. The Hall–Kier alpha value is -5.93. The lowest BCUT2D eigenvalue weighted by Crippen LogP contribution is -1.89. The second-order valence-corrected chi connectivity index (χ2v) is 11.1. The summed E-state index contributed by atoms with van der Waals surface area (Å²) >= 11 is 0. The fourth-order valence-corrected chi connectivity index (χ4v) is 4.76. The fourth-order valence-electron chi connectivity index (χ4n) is 4.76. The maximum absolute atomic E-state index is 5.49. The molecule has 0 bridgehead atoms. The number of pyridine rings is 1. The highest BCUT2D eigenvalue weighted by Gasteiger charge is 2.05. The Kier molecular flexibility index (Phi) is 14.4. The Balaban J connectivity index is 0.000000789. The standard InChI is InChI=1S/C39H40N2.C6H7N/c1-8-32(9-2)38-22-23-39(41-27-38)37-21-18-31(7)35(26-37)20-17-29(5)28(4)16-19-33(10-3)36-15-11-14-34(25-36)30(6)13-12-24-40;7-6-4-2-1-3-5-6/h8-27H,1,4-5,40H2,2-3,6-7H3;1-5H,7H2/b19-16-,20-17-,24-12-,30-13+,32-9+,33-10+;. The molecule has 48 heavy (non-hydrogen) atoms. The van der Waals surface area contributed by atoms with Crippen molar-refractivity contribution in [1.29, 1.82) is 0 Å². The molecule has 0 spiro atoms. The van der Waals surface area contributed by atoms with Crippen LogP contribution in [-0.4, -0.2) is 4.98 Å². The fraction of sp³-hybridized carbons (Fsp3) is 0.0889. The van der Waals surface area contributed by atoms with E-state index in [0.717, 1.165) is 67.1 Å². The third-order valence-corrected chi connectivity index (χ3v) is 7.76. The summed E-state index contributed by atoms with van der Waals surface area (Å²) in [4.78, 5) is 4.69. The lowest BCUT2D eigenvalue weighted by molar-refractivity contribution is 1.30. The molecule has 0 unspecified atom stereocenters. The summed E-state index contributed by atoms with van der Waals surface area (Å²) in [5.74, 6) is 0. The van der Waals surface area contributed by atoms with E-state index >= 15 is 0 Å². The Bertz CT molecular complexity index is 1890. The van der Waals surface area contributed by atoms with Crippen LogP contribution >= 0.6 is 0 Å². The largest absolute Gasteiger partial charge is 0.405 e. The lowest BCUT2D eigenvalue weighted by atomic mass is 9.97. The molecule has 0 aliphatic carbocycles. The minimum Gasteiger partial charge on any atom is -0.405 e. The maximum atomic E-state index is 5.49. The molecule has 0 saturated heterocycles. The molecule has 4 rings (SSSR count). The van der Waals surface area contributed by atoms with Crippen LogP contribution in [0.25, 0.3) is 34.1 Å². The molecule has 1 heterocycles. The van der Waals surface area contributed by atoms with Crippen molar-refractivity contribution < 1.29 is 0 Å². The third kappa shape index (κ3) is 10.9. The van der Waals surface area contributed by atoms with Crippen molar-refractivity contribution in [1.82, 2.24) is 4.98 Å². The van der Waals surface area contributed by atoms with Gasteiger partial charge in [-0.05, 0) is 126 Å². The van der Waals surface area contributed by atoms with E-state index in [1.165, 1.54) is 5.56 Å². The van der Waals surface area contributed by atoms with Gasteiger partial charge >= 0.3 is 0 Å². The topological polar surface area (TPSA) is 64.9 Å². The molecule has 3 heteroatoms. The first-order valence-corrected chi connectivity index (χ1v) is 15.9. The molecule has 0 amide bonds. The highest BCUT2D eigenvalue weighted by atomic mass is 14.7. The van der Waals surface area contributed by atoms with Crippen molar-refractivity contribution in [3.63, 3.8) is 0 Å². The molecule has 1 aromatic heterocycles. The SMILES string of the molecule is C=C/C(=C\C)c1ccc(-c2ccc(C)c(/C=C\C(=C)C(=C)/C=C\C(=C/C)c3cccc(/C(C)=C/C=C\N)c3)c2)nc1.Nc1ccccc1. The number of nitrogens with two attached hydrogens (primary N) is 2. The van der Waals surface area contributed by atoms with Gasteiger partial charge in [0.15, 0.2) is 0 Å². The number of nitrogens with zero attached hydrogens (tertiary/aromatic N) is 1.